The topological polar surface area (TPSA) is 92.8 Å². The highest BCUT2D eigenvalue weighted by Gasteiger charge is 2.72. The summed E-state index contributed by atoms with van der Waals surface area (Å²) >= 11 is 0. The van der Waals surface area contributed by atoms with E-state index >= 15 is 0 Å². The van der Waals surface area contributed by atoms with Crippen LogP contribution in [0.5, 0.6) is 0 Å². The number of carbonyl (C=O) groups is 2. The molecule has 2 bridgehead atoms. The lowest BCUT2D eigenvalue weighted by Crippen LogP contribution is -2.50. The number of amides is 1. The fourth-order valence-electron chi connectivity index (χ4n) is 7.07. The first kappa shape index (κ1) is 20.9. The smallest absolute Gasteiger partial charge is 0.310 e. The number of nitrogens with zero attached hydrogens (tertiary/aromatic N) is 1. The predicted octanol–water partition coefficient (Wildman–Crippen LogP) is 2.25. The number of esters is 1. The van der Waals surface area contributed by atoms with Gasteiger partial charge >= 0.3 is 5.97 Å². The van der Waals surface area contributed by atoms with Crippen molar-refractivity contribution in [2.75, 3.05) is 12.9 Å². The summed E-state index contributed by atoms with van der Waals surface area (Å²) in [4.78, 5) is 26.1. The summed E-state index contributed by atoms with van der Waals surface area (Å²) < 4.78 is 32.7. The van der Waals surface area contributed by atoms with E-state index in [2.05, 4.69) is 19.2 Å². The number of sulfonamides is 1. The van der Waals surface area contributed by atoms with Crippen LogP contribution in [-0.2, 0) is 24.3 Å². The number of hydrogen-bond acceptors (Lipinski definition) is 6. The molecule has 31 heavy (non-hydrogen) atoms. The minimum absolute atomic E-state index is 0.0508. The Morgan fingerprint density at radius 3 is 2.52 bits per heavy atom. The molecule has 2 aliphatic heterocycles. The number of ether oxygens (including phenoxy) is 1. The average Bonchev–Trinajstić information content (AvgIpc) is 3.41. The van der Waals surface area contributed by atoms with E-state index in [1.165, 1.54) is 11.4 Å². The van der Waals surface area contributed by atoms with Gasteiger partial charge in [-0.15, -0.1) is 0 Å². The van der Waals surface area contributed by atoms with Crippen LogP contribution in [0.3, 0.4) is 0 Å². The quantitative estimate of drug-likeness (QED) is 0.716. The summed E-state index contributed by atoms with van der Waals surface area (Å²) in [5, 5.41) is 3.27. The third kappa shape index (κ3) is 2.76. The molecule has 0 radical (unpaired) electrons. The summed E-state index contributed by atoms with van der Waals surface area (Å²) in [7, 11) is -2.36. The highest BCUT2D eigenvalue weighted by Crippen LogP contribution is 2.70. The zero-order valence-corrected chi connectivity index (χ0v) is 19.0. The summed E-state index contributed by atoms with van der Waals surface area (Å²) in [6.07, 6.45) is 2.86. The fourth-order valence-corrected chi connectivity index (χ4v) is 9.64. The van der Waals surface area contributed by atoms with Crippen LogP contribution in [0.4, 0.5) is 0 Å². The Hall–Kier alpha value is -1.93. The van der Waals surface area contributed by atoms with Gasteiger partial charge in [0.15, 0.2) is 0 Å². The van der Waals surface area contributed by atoms with Crippen LogP contribution in [0.2, 0.25) is 0 Å². The zero-order valence-electron chi connectivity index (χ0n) is 18.2. The van der Waals surface area contributed by atoms with Crippen molar-refractivity contribution in [3.05, 3.63) is 35.9 Å². The first-order valence-electron chi connectivity index (χ1n) is 11.1. The predicted molar refractivity (Wildman–Crippen MR) is 114 cm³/mol. The first-order valence-corrected chi connectivity index (χ1v) is 12.7. The van der Waals surface area contributed by atoms with Gasteiger partial charge in [0.25, 0.3) is 5.91 Å². The van der Waals surface area contributed by atoms with Crippen molar-refractivity contribution in [1.82, 2.24) is 9.62 Å². The van der Waals surface area contributed by atoms with Gasteiger partial charge in [0.05, 0.1) is 30.9 Å². The third-order valence-electron chi connectivity index (χ3n) is 8.86. The minimum Gasteiger partial charge on any atom is -0.469 e. The van der Waals surface area contributed by atoms with E-state index < -0.39 is 39.9 Å². The number of benzene rings is 1. The Kier molecular flexibility index (Phi) is 4.58. The maximum atomic E-state index is 13.7. The number of carbonyl (C=O) groups excluding carboxylic acids is 2. The number of methoxy groups -OCH3 is 1. The molecule has 0 unspecified atom stereocenters. The molecule has 1 aromatic carbocycles. The molecule has 0 aromatic heterocycles. The molecule has 168 valence electrons. The SMILES string of the molecule is COC(=O)[C@@H]1C[C@H](C(=O)N2[C@H]3C[C@@H]4CC[C@@]3(CS2(=O)=O)C4(C)C)N[C@@H]1c1ccccc1. The second kappa shape index (κ2) is 6.78. The Bertz CT molecular complexity index is 1020. The van der Waals surface area contributed by atoms with Crippen molar-refractivity contribution in [2.45, 2.75) is 57.7 Å². The number of fused-ring (bicyclic) bond motifs is 1. The van der Waals surface area contributed by atoms with E-state index in [4.69, 9.17) is 4.74 Å². The monoisotopic (exact) mass is 446 g/mol. The second-order valence-corrected chi connectivity index (χ2v) is 12.1. The molecule has 1 N–H and O–H groups in total. The van der Waals surface area contributed by atoms with Gasteiger partial charge in [-0.1, -0.05) is 44.2 Å². The standard InChI is InChI=1S/C23H30N2O5S/c1-22(2)15-9-10-23(22)13-31(28,29)25(18(23)11-15)20(26)17-12-16(21(27)30-3)19(24-17)14-7-5-4-6-8-14/h4-8,15-19,24H,9-13H2,1-3H3/t15-,16+,17+,18-,19+,23-/m0/s1. The highest BCUT2D eigenvalue weighted by atomic mass is 32.2. The molecular weight excluding hydrogens is 416 g/mol. The second-order valence-electron chi connectivity index (χ2n) is 10.2. The number of rotatable bonds is 3. The maximum absolute atomic E-state index is 13.7. The van der Waals surface area contributed by atoms with Crippen molar-refractivity contribution >= 4 is 21.9 Å². The Balaban J connectivity index is 1.46. The van der Waals surface area contributed by atoms with Crippen LogP contribution < -0.4 is 5.32 Å². The van der Waals surface area contributed by atoms with E-state index in [1.54, 1.807) is 0 Å². The van der Waals surface area contributed by atoms with Gasteiger partial charge in [-0.2, -0.15) is 0 Å². The van der Waals surface area contributed by atoms with E-state index in [9.17, 15) is 18.0 Å². The van der Waals surface area contributed by atoms with Crippen molar-refractivity contribution in [1.29, 1.82) is 0 Å². The average molecular weight is 447 g/mol. The van der Waals surface area contributed by atoms with Gasteiger partial charge in [-0.25, -0.2) is 12.7 Å². The van der Waals surface area contributed by atoms with Crippen LogP contribution in [0.15, 0.2) is 30.3 Å². The van der Waals surface area contributed by atoms with Crippen LogP contribution in [0.1, 0.15) is 51.1 Å². The van der Waals surface area contributed by atoms with Gasteiger partial charge in [-0.05, 0) is 42.6 Å². The van der Waals surface area contributed by atoms with Gasteiger partial charge in [0, 0.05) is 11.5 Å². The van der Waals surface area contributed by atoms with Crippen molar-refractivity contribution in [2.24, 2.45) is 22.7 Å². The summed E-state index contributed by atoms with van der Waals surface area (Å²) in [5.74, 6) is -0.859. The molecule has 2 heterocycles. The molecule has 6 atom stereocenters. The third-order valence-corrected chi connectivity index (χ3v) is 10.8. The lowest BCUT2D eigenvalue weighted by molar-refractivity contribution is -0.145. The van der Waals surface area contributed by atoms with Crippen LogP contribution in [0, 0.1) is 22.7 Å². The highest BCUT2D eigenvalue weighted by molar-refractivity contribution is 7.90. The molecule has 1 spiro atoms. The largest absolute Gasteiger partial charge is 0.469 e. The van der Waals surface area contributed by atoms with Crippen molar-refractivity contribution in [3.63, 3.8) is 0 Å². The molecule has 2 aliphatic carbocycles. The molecule has 2 saturated heterocycles. The zero-order chi connectivity index (χ0) is 22.2. The fraction of sp³-hybridized carbons (Fsp3) is 0.652. The van der Waals surface area contributed by atoms with Gasteiger partial charge < -0.3 is 4.74 Å². The van der Waals surface area contributed by atoms with E-state index in [0.717, 1.165) is 24.8 Å². The van der Waals surface area contributed by atoms with Gasteiger partial charge in [0.1, 0.15) is 0 Å². The minimum atomic E-state index is -3.70. The molecule has 2 saturated carbocycles. The van der Waals surface area contributed by atoms with Crippen molar-refractivity contribution < 1.29 is 22.7 Å². The normalized spacial score (nSPS) is 39.5. The van der Waals surface area contributed by atoms with E-state index in [1.807, 2.05) is 30.3 Å². The molecule has 1 aromatic rings. The van der Waals surface area contributed by atoms with E-state index in [-0.39, 0.29) is 29.0 Å². The maximum Gasteiger partial charge on any atom is 0.310 e. The molecule has 7 nitrogen and oxygen atoms in total. The van der Waals surface area contributed by atoms with Crippen LogP contribution in [0.25, 0.3) is 0 Å². The number of nitrogens with one attached hydrogen (secondary N) is 1. The van der Waals surface area contributed by atoms with Crippen LogP contribution >= 0.6 is 0 Å². The van der Waals surface area contributed by atoms with Gasteiger partial charge in [0.2, 0.25) is 10.0 Å². The molecule has 4 aliphatic rings. The van der Waals surface area contributed by atoms with E-state index in [0.29, 0.717) is 5.92 Å². The molecule has 1 amide bonds. The first-order chi connectivity index (χ1) is 14.6. The molecule has 4 fully saturated rings. The lowest BCUT2D eigenvalue weighted by Gasteiger charge is -2.37. The summed E-state index contributed by atoms with van der Waals surface area (Å²) in [6, 6.07) is 8.06. The van der Waals surface area contributed by atoms with Crippen molar-refractivity contribution in [3.8, 4) is 0 Å². The van der Waals surface area contributed by atoms with Gasteiger partial charge in [-0.3, -0.25) is 14.9 Å². The summed E-state index contributed by atoms with van der Waals surface area (Å²) in [6.45, 7) is 4.33. The Morgan fingerprint density at radius 2 is 1.87 bits per heavy atom. The van der Waals surface area contributed by atoms with Crippen LogP contribution in [-0.4, -0.2) is 49.5 Å². The lowest BCUT2D eigenvalue weighted by atomic mass is 9.69. The molecule has 5 rings (SSSR count). The molecular formula is C23H30N2O5S. The Morgan fingerprint density at radius 1 is 1.16 bits per heavy atom. The number of hydrogen-bond donors (Lipinski definition) is 1. The Labute approximate surface area is 183 Å². The molecule has 8 heteroatoms. The summed E-state index contributed by atoms with van der Waals surface area (Å²) in [5.41, 5.74) is 0.435.